The maximum atomic E-state index is 3.37. The van der Waals surface area contributed by atoms with E-state index >= 15 is 0 Å². The number of thiophene rings is 1. The van der Waals surface area contributed by atoms with Crippen molar-refractivity contribution < 1.29 is 0 Å². The minimum Gasteiger partial charge on any atom is -0.317 e. The van der Waals surface area contributed by atoms with Crippen LogP contribution in [0.25, 0.3) is 0 Å². The molecule has 0 saturated carbocycles. The molecule has 0 atom stereocenters. The van der Waals surface area contributed by atoms with Crippen molar-refractivity contribution in [1.29, 1.82) is 0 Å². The first-order chi connectivity index (χ1) is 7.29. The summed E-state index contributed by atoms with van der Waals surface area (Å²) in [5.74, 6) is 0. The van der Waals surface area contributed by atoms with Crippen LogP contribution in [-0.2, 0) is 6.54 Å². The zero-order valence-corrected chi connectivity index (χ0v) is 10.4. The molecule has 0 radical (unpaired) electrons. The molecule has 0 bridgehead atoms. The van der Waals surface area contributed by atoms with Gasteiger partial charge in [0, 0.05) is 17.5 Å². The van der Waals surface area contributed by atoms with E-state index in [1.165, 1.54) is 36.4 Å². The Morgan fingerprint density at radius 2 is 2.20 bits per heavy atom. The van der Waals surface area contributed by atoms with Crippen molar-refractivity contribution >= 4 is 11.3 Å². The van der Waals surface area contributed by atoms with Crippen LogP contribution >= 0.6 is 11.3 Å². The van der Waals surface area contributed by atoms with E-state index in [-0.39, 0.29) is 0 Å². The molecule has 1 aromatic rings. The third-order valence-corrected chi connectivity index (χ3v) is 4.34. The van der Waals surface area contributed by atoms with Crippen LogP contribution in [0.5, 0.6) is 0 Å². The highest BCUT2D eigenvalue weighted by molar-refractivity contribution is 7.10. The topological polar surface area (TPSA) is 15.3 Å². The van der Waals surface area contributed by atoms with Crippen molar-refractivity contribution in [2.45, 2.75) is 32.4 Å². The first-order valence-electron chi connectivity index (χ1n) is 5.72. The van der Waals surface area contributed by atoms with Gasteiger partial charge in [0.15, 0.2) is 0 Å². The Kier molecular flexibility index (Phi) is 3.78. The minimum atomic E-state index is 0.741. The number of nitrogens with zero attached hydrogens (tertiary/aromatic N) is 1. The first-order valence-corrected chi connectivity index (χ1v) is 6.60. The average Bonchev–Trinajstić information content (AvgIpc) is 2.66. The molecule has 2 rings (SSSR count). The molecule has 1 aliphatic heterocycles. The van der Waals surface area contributed by atoms with E-state index in [9.17, 15) is 0 Å². The fourth-order valence-corrected chi connectivity index (χ4v) is 3.10. The molecule has 0 aromatic carbocycles. The van der Waals surface area contributed by atoms with Gasteiger partial charge in [-0.05, 0) is 56.9 Å². The SMILES string of the molecule is CNC1CCN(Cc2sccc2C)CC1. The van der Waals surface area contributed by atoms with Gasteiger partial charge in [-0.2, -0.15) is 0 Å². The first kappa shape index (κ1) is 11.1. The van der Waals surface area contributed by atoms with E-state index < -0.39 is 0 Å². The van der Waals surface area contributed by atoms with Gasteiger partial charge >= 0.3 is 0 Å². The molecule has 84 valence electrons. The Hall–Kier alpha value is -0.380. The van der Waals surface area contributed by atoms with E-state index in [2.05, 4.69) is 35.6 Å². The molecule has 1 saturated heterocycles. The number of aryl methyl sites for hydroxylation is 1. The molecular weight excluding hydrogens is 204 g/mol. The average molecular weight is 224 g/mol. The number of hydrogen-bond donors (Lipinski definition) is 1. The monoisotopic (exact) mass is 224 g/mol. The van der Waals surface area contributed by atoms with E-state index in [1.54, 1.807) is 0 Å². The molecule has 0 unspecified atom stereocenters. The van der Waals surface area contributed by atoms with Gasteiger partial charge in [0.1, 0.15) is 0 Å². The normalized spacial score (nSPS) is 19.6. The summed E-state index contributed by atoms with van der Waals surface area (Å²) in [5.41, 5.74) is 1.45. The highest BCUT2D eigenvalue weighted by Crippen LogP contribution is 2.20. The second kappa shape index (κ2) is 5.10. The highest BCUT2D eigenvalue weighted by Gasteiger charge is 2.18. The summed E-state index contributed by atoms with van der Waals surface area (Å²) in [5, 5.41) is 5.57. The lowest BCUT2D eigenvalue weighted by molar-refractivity contribution is 0.196. The van der Waals surface area contributed by atoms with Crippen LogP contribution in [0, 0.1) is 6.92 Å². The molecule has 1 fully saturated rings. The summed E-state index contributed by atoms with van der Waals surface area (Å²) in [6.07, 6.45) is 2.59. The number of rotatable bonds is 3. The van der Waals surface area contributed by atoms with Gasteiger partial charge in [0.2, 0.25) is 0 Å². The van der Waals surface area contributed by atoms with Crippen molar-refractivity contribution in [3.05, 3.63) is 21.9 Å². The number of nitrogens with one attached hydrogen (secondary N) is 1. The minimum absolute atomic E-state index is 0.741. The molecule has 1 aliphatic rings. The lowest BCUT2D eigenvalue weighted by atomic mass is 10.1. The van der Waals surface area contributed by atoms with Crippen LogP contribution in [0.15, 0.2) is 11.4 Å². The van der Waals surface area contributed by atoms with Crippen molar-refractivity contribution in [3.8, 4) is 0 Å². The lowest BCUT2D eigenvalue weighted by Crippen LogP contribution is -2.40. The molecule has 0 aliphatic carbocycles. The van der Waals surface area contributed by atoms with Crippen LogP contribution in [0.1, 0.15) is 23.3 Å². The smallest absolute Gasteiger partial charge is 0.0330 e. The molecule has 3 heteroatoms. The third kappa shape index (κ3) is 2.80. The summed E-state index contributed by atoms with van der Waals surface area (Å²) in [6, 6.07) is 2.96. The lowest BCUT2D eigenvalue weighted by Gasteiger charge is -2.31. The standard InChI is InChI=1S/C12H20N2S/c1-10-5-8-15-12(10)9-14-6-3-11(13-2)4-7-14/h5,8,11,13H,3-4,6-7,9H2,1-2H3. The van der Waals surface area contributed by atoms with E-state index in [0.29, 0.717) is 0 Å². The highest BCUT2D eigenvalue weighted by atomic mass is 32.1. The molecule has 1 N–H and O–H groups in total. The van der Waals surface area contributed by atoms with Gasteiger partial charge in [-0.1, -0.05) is 0 Å². The van der Waals surface area contributed by atoms with Gasteiger partial charge in [0.25, 0.3) is 0 Å². The Labute approximate surface area is 96.3 Å². The molecular formula is C12H20N2S. The molecule has 2 nitrogen and oxygen atoms in total. The van der Waals surface area contributed by atoms with Crippen molar-refractivity contribution in [3.63, 3.8) is 0 Å². The fraction of sp³-hybridized carbons (Fsp3) is 0.667. The summed E-state index contributed by atoms with van der Waals surface area (Å²) < 4.78 is 0. The van der Waals surface area contributed by atoms with E-state index in [0.717, 1.165) is 12.6 Å². The van der Waals surface area contributed by atoms with Crippen molar-refractivity contribution in [2.24, 2.45) is 0 Å². The molecule has 0 spiro atoms. The predicted octanol–water partition coefficient (Wildman–Crippen LogP) is 2.24. The number of hydrogen-bond acceptors (Lipinski definition) is 3. The second-order valence-electron chi connectivity index (χ2n) is 4.37. The maximum absolute atomic E-state index is 3.37. The summed E-state index contributed by atoms with van der Waals surface area (Å²) in [7, 11) is 2.07. The third-order valence-electron chi connectivity index (χ3n) is 3.33. The van der Waals surface area contributed by atoms with Crippen molar-refractivity contribution in [2.75, 3.05) is 20.1 Å². The van der Waals surface area contributed by atoms with Crippen molar-refractivity contribution in [1.82, 2.24) is 10.2 Å². The Balaban J connectivity index is 1.85. The van der Waals surface area contributed by atoms with Gasteiger partial charge in [0.05, 0.1) is 0 Å². The largest absolute Gasteiger partial charge is 0.317 e. The molecule has 1 aromatic heterocycles. The van der Waals surface area contributed by atoms with Crippen LogP contribution in [-0.4, -0.2) is 31.1 Å². The molecule has 15 heavy (non-hydrogen) atoms. The van der Waals surface area contributed by atoms with Gasteiger partial charge < -0.3 is 5.32 Å². The van der Waals surface area contributed by atoms with Crippen LogP contribution in [0.3, 0.4) is 0 Å². The van der Waals surface area contributed by atoms with Gasteiger partial charge in [-0.25, -0.2) is 0 Å². The summed E-state index contributed by atoms with van der Waals surface area (Å²) in [4.78, 5) is 4.12. The number of piperidine rings is 1. The Morgan fingerprint density at radius 3 is 2.73 bits per heavy atom. The summed E-state index contributed by atoms with van der Waals surface area (Å²) in [6.45, 7) is 5.85. The Bertz CT molecular complexity index is 300. The van der Waals surface area contributed by atoms with Crippen LogP contribution < -0.4 is 5.32 Å². The molecule has 2 heterocycles. The predicted molar refractivity (Wildman–Crippen MR) is 66.4 cm³/mol. The quantitative estimate of drug-likeness (QED) is 0.847. The van der Waals surface area contributed by atoms with Crippen LogP contribution in [0.2, 0.25) is 0 Å². The summed E-state index contributed by atoms with van der Waals surface area (Å²) >= 11 is 1.89. The van der Waals surface area contributed by atoms with Gasteiger partial charge in [-0.3, -0.25) is 4.90 Å². The zero-order chi connectivity index (χ0) is 10.7. The zero-order valence-electron chi connectivity index (χ0n) is 9.62. The van der Waals surface area contributed by atoms with E-state index in [1.807, 2.05) is 11.3 Å². The second-order valence-corrected chi connectivity index (χ2v) is 5.37. The number of likely N-dealkylation sites (tertiary alicyclic amines) is 1. The van der Waals surface area contributed by atoms with Gasteiger partial charge in [-0.15, -0.1) is 11.3 Å². The maximum Gasteiger partial charge on any atom is 0.0330 e. The Morgan fingerprint density at radius 1 is 1.47 bits per heavy atom. The van der Waals surface area contributed by atoms with Crippen LogP contribution in [0.4, 0.5) is 0 Å². The fourth-order valence-electron chi connectivity index (χ4n) is 2.15. The molecule has 0 amide bonds. The van der Waals surface area contributed by atoms with E-state index in [4.69, 9.17) is 0 Å².